The predicted molar refractivity (Wildman–Crippen MR) is 150 cm³/mol. The van der Waals surface area contributed by atoms with Gasteiger partial charge in [0.2, 0.25) is 0 Å². The molecule has 8 nitrogen and oxygen atoms in total. The maximum Gasteiger partial charge on any atom is 2.00 e. The number of aromatic nitrogens is 3. The molecule has 0 aliphatic carbocycles. The van der Waals surface area contributed by atoms with Crippen molar-refractivity contribution in [1.82, 2.24) is 15.0 Å². The van der Waals surface area contributed by atoms with E-state index in [1.165, 1.54) is 0 Å². The number of aromatic amines is 1. The molecule has 0 bridgehead atoms. The molecule has 0 spiro atoms. The number of aliphatic hydroxyl groups is 1. The Morgan fingerprint density at radius 2 is 1.78 bits per heavy atom. The number of fused-ring (bicyclic) bond motifs is 3. The van der Waals surface area contributed by atoms with Gasteiger partial charge in [0.25, 0.3) is 0 Å². The number of hydrogen-bond acceptors (Lipinski definition) is 5. The molecule has 202 valence electrons. The fourth-order valence-corrected chi connectivity index (χ4v) is 3.80. The van der Waals surface area contributed by atoms with Crippen LogP contribution in [0.25, 0.3) is 32.6 Å². The molecular formula is C28H44N6O2U. The third-order valence-electron chi connectivity index (χ3n) is 6.96. The topological polar surface area (TPSA) is 125 Å². The molecule has 3 rings (SSSR count). The van der Waals surface area contributed by atoms with Crippen LogP contribution in [0.5, 0.6) is 0 Å². The first-order valence-corrected chi connectivity index (χ1v) is 13.0. The van der Waals surface area contributed by atoms with Crippen LogP contribution in [0.4, 0.5) is 11.5 Å². The summed E-state index contributed by atoms with van der Waals surface area (Å²) in [6.07, 6.45) is 3.09. The Balaban J connectivity index is 0.00000481. The van der Waals surface area contributed by atoms with Crippen molar-refractivity contribution < 1.29 is 41.0 Å². The fourth-order valence-electron chi connectivity index (χ4n) is 3.80. The summed E-state index contributed by atoms with van der Waals surface area (Å²) in [6.45, 7) is 17.2. The number of anilines is 1. The number of nitrogen functional groups attached to an aromatic ring is 1. The number of pyridine rings is 1. The molecule has 3 aromatic rings. The summed E-state index contributed by atoms with van der Waals surface area (Å²) in [6, 6.07) is 5.96. The van der Waals surface area contributed by atoms with Gasteiger partial charge in [-0.15, -0.1) is 12.2 Å². The molecule has 37 heavy (non-hydrogen) atoms. The second-order valence-electron chi connectivity index (χ2n) is 11.8. The Morgan fingerprint density at radius 1 is 1.05 bits per heavy atom. The number of benzene rings is 1. The van der Waals surface area contributed by atoms with Gasteiger partial charge in [0.05, 0.1) is 24.3 Å². The Morgan fingerprint density at radius 3 is 2.46 bits per heavy atom. The Kier molecular flexibility index (Phi) is 11.3. The van der Waals surface area contributed by atoms with Gasteiger partial charge in [-0.3, -0.25) is 0 Å². The first kappa shape index (κ1) is 31.8. The van der Waals surface area contributed by atoms with Crippen LogP contribution < -0.4 is 5.73 Å². The molecule has 0 saturated carbocycles. The van der Waals surface area contributed by atoms with Crippen LogP contribution in [0.3, 0.4) is 0 Å². The molecule has 2 aromatic heterocycles. The summed E-state index contributed by atoms with van der Waals surface area (Å²) in [5.74, 6) is 1.43. The van der Waals surface area contributed by atoms with E-state index in [9.17, 15) is 5.11 Å². The normalized spacial score (nSPS) is 12.8. The van der Waals surface area contributed by atoms with E-state index in [0.717, 1.165) is 52.7 Å². The van der Waals surface area contributed by atoms with Crippen LogP contribution in [0, 0.1) is 41.9 Å². The van der Waals surface area contributed by atoms with Crippen LogP contribution in [-0.2, 0) is 11.2 Å². The molecule has 0 saturated heterocycles. The van der Waals surface area contributed by atoms with Gasteiger partial charge < -0.3 is 31.2 Å². The molecular weight excluding hydrogens is 690 g/mol. The first-order valence-electron chi connectivity index (χ1n) is 13.0. The molecule has 0 radical (unpaired) electrons. The van der Waals surface area contributed by atoms with Crippen molar-refractivity contribution >= 4 is 33.4 Å². The molecule has 4 N–H and O–H groups in total. The van der Waals surface area contributed by atoms with E-state index < -0.39 is 5.60 Å². The number of rotatable bonds is 14. The molecule has 1 aromatic carbocycles. The van der Waals surface area contributed by atoms with Crippen molar-refractivity contribution in [3.63, 3.8) is 0 Å². The van der Waals surface area contributed by atoms with E-state index >= 15 is 0 Å². The van der Waals surface area contributed by atoms with Crippen molar-refractivity contribution in [2.24, 2.45) is 10.8 Å². The van der Waals surface area contributed by atoms with Gasteiger partial charge in [0.15, 0.2) is 0 Å². The number of nitrogens with zero attached hydrogens (tertiary/aromatic N) is 4. The summed E-state index contributed by atoms with van der Waals surface area (Å²) in [5, 5.41) is 20.7. The van der Waals surface area contributed by atoms with Gasteiger partial charge in [-0.25, -0.2) is 9.97 Å². The number of aryl methyl sites for hydroxylation is 1. The molecule has 0 aliphatic rings. The molecule has 0 atom stereocenters. The zero-order chi connectivity index (χ0) is 26.6. The van der Waals surface area contributed by atoms with Gasteiger partial charge in [0.1, 0.15) is 22.7 Å². The summed E-state index contributed by atoms with van der Waals surface area (Å²) >= 11 is 0. The van der Waals surface area contributed by atoms with Gasteiger partial charge in [-0.1, -0.05) is 53.2 Å². The van der Waals surface area contributed by atoms with E-state index in [4.69, 9.17) is 26.1 Å². The quantitative estimate of drug-likeness (QED) is 0.169. The van der Waals surface area contributed by atoms with Crippen molar-refractivity contribution in [2.45, 2.75) is 73.3 Å². The third kappa shape index (κ3) is 8.56. The first-order chi connectivity index (χ1) is 16.8. The van der Waals surface area contributed by atoms with E-state index in [1.54, 1.807) is 0 Å². The average Bonchev–Trinajstić information content (AvgIpc) is 3.22. The van der Waals surface area contributed by atoms with E-state index in [2.05, 4.69) is 30.7 Å². The number of ether oxygens (including phenoxy) is 1. The summed E-state index contributed by atoms with van der Waals surface area (Å²) in [5.41, 5.74) is 8.37. The minimum atomic E-state index is -0.797. The fraction of sp³-hybridized carbons (Fsp3) is 0.643. The summed E-state index contributed by atoms with van der Waals surface area (Å²) in [7, 11) is 0. The van der Waals surface area contributed by atoms with Crippen LogP contribution >= 0.6 is 0 Å². The van der Waals surface area contributed by atoms with Gasteiger partial charge in [0, 0.05) is 17.2 Å². The number of hydrogen-bond donors (Lipinski definition) is 3. The van der Waals surface area contributed by atoms with Crippen molar-refractivity contribution in [2.75, 3.05) is 38.6 Å². The maximum atomic E-state index is 10.3. The largest absolute Gasteiger partial charge is 2.00 e. The standard InChI is InChI=1S/C28H44N6O2.U/c1-8-9-10-22-33-23-20-15-19(11-12-21(20)32-25(29)24(23)34-22)31-14-13-30-16-26(2,3)17-36-18-27(4,5)28(6,7)35;/h11-12,15,35H,8-10,13-14,16-18H2,1-7H3,(H2,29,32)(H,33,34);/q-2;+2. The molecule has 9 heteroatoms. The van der Waals surface area contributed by atoms with Crippen LogP contribution in [-0.4, -0.2) is 58.5 Å². The van der Waals surface area contributed by atoms with Crippen LogP contribution in [0.2, 0.25) is 0 Å². The van der Waals surface area contributed by atoms with Crippen LogP contribution in [0.15, 0.2) is 18.2 Å². The molecule has 0 aliphatic heterocycles. The van der Waals surface area contributed by atoms with Gasteiger partial charge >= 0.3 is 31.1 Å². The molecule has 0 amide bonds. The molecule has 0 fully saturated rings. The zero-order valence-corrected chi connectivity index (χ0v) is 27.8. The molecule has 0 unspecified atom stereocenters. The second kappa shape index (κ2) is 13.1. The second-order valence-corrected chi connectivity index (χ2v) is 11.8. The summed E-state index contributed by atoms with van der Waals surface area (Å²) in [4.78, 5) is 12.7. The average molecular weight is 735 g/mol. The monoisotopic (exact) mass is 734 g/mol. The molecule has 2 heterocycles. The Hall–Kier alpha value is -1.37. The predicted octanol–water partition coefficient (Wildman–Crippen LogP) is 6.25. The van der Waals surface area contributed by atoms with E-state index in [-0.39, 0.29) is 41.9 Å². The third-order valence-corrected chi connectivity index (χ3v) is 6.96. The maximum absolute atomic E-state index is 10.3. The Labute approximate surface area is 245 Å². The Bertz CT molecular complexity index is 1150. The minimum Gasteiger partial charge on any atom is -0.686 e. The summed E-state index contributed by atoms with van der Waals surface area (Å²) < 4.78 is 5.96. The van der Waals surface area contributed by atoms with Crippen molar-refractivity contribution in [3.8, 4) is 0 Å². The van der Waals surface area contributed by atoms with Gasteiger partial charge in [-0.2, -0.15) is 13.1 Å². The van der Waals surface area contributed by atoms with E-state index in [0.29, 0.717) is 38.7 Å². The zero-order valence-electron chi connectivity index (χ0n) is 23.6. The number of unbranched alkanes of at least 4 members (excludes halogenated alkanes) is 1. The van der Waals surface area contributed by atoms with Crippen molar-refractivity contribution in [1.29, 1.82) is 0 Å². The van der Waals surface area contributed by atoms with Gasteiger partial charge in [-0.05, 0) is 31.7 Å². The van der Waals surface area contributed by atoms with Crippen molar-refractivity contribution in [3.05, 3.63) is 34.7 Å². The number of nitrogens with two attached hydrogens (primary N) is 1. The SMILES string of the molecule is CCCCc1nc2c([nH]1)c(N)nc1ccc([N-]CC[N-]CC(C)(C)COCC(C)(C)C(C)(C)O)cc12.[U+2]. The number of imidazole rings is 1. The number of nitrogens with one attached hydrogen (secondary N) is 1. The smallest absolute Gasteiger partial charge is 0.686 e. The van der Waals surface area contributed by atoms with Crippen LogP contribution in [0.1, 0.15) is 67.1 Å². The number of H-pyrrole nitrogens is 1. The van der Waals surface area contributed by atoms with E-state index in [1.807, 2.05) is 45.9 Å². The minimum absolute atomic E-state index is 0.